The molecule has 2 nitrogen and oxygen atoms in total. The molecule has 2 aromatic rings. The number of benzene rings is 2. The van der Waals surface area contributed by atoms with Gasteiger partial charge in [-0.1, -0.05) is 60.7 Å². The molecule has 2 heteroatoms. The van der Waals surface area contributed by atoms with E-state index in [2.05, 4.69) is 59.5 Å². The van der Waals surface area contributed by atoms with E-state index in [9.17, 15) is 0 Å². The molecule has 1 saturated heterocycles. The van der Waals surface area contributed by atoms with E-state index in [1.165, 1.54) is 43.5 Å². The van der Waals surface area contributed by atoms with Crippen LogP contribution >= 0.6 is 0 Å². The monoisotopic (exact) mass is 294 g/mol. The fourth-order valence-electron chi connectivity index (χ4n) is 3.40. The minimum Gasteiger partial charge on any atom is -0.323 e. The highest BCUT2D eigenvalue weighted by atomic mass is 15.1. The molecule has 0 saturated carbocycles. The number of rotatable bonds is 5. The molecule has 0 aromatic heterocycles. The Kier molecular flexibility index (Phi) is 5.25. The van der Waals surface area contributed by atoms with Gasteiger partial charge in [0.15, 0.2) is 0 Å². The molecule has 0 aliphatic carbocycles. The second-order valence-electron chi connectivity index (χ2n) is 6.45. The molecule has 0 radical (unpaired) electrons. The molecule has 0 bridgehead atoms. The lowest BCUT2D eigenvalue weighted by molar-refractivity contribution is 0.175. The first kappa shape index (κ1) is 15.3. The minimum absolute atomic E-state index is 0.131. The van der Waals surface area contributed by atoms with Crippen LogP contribution in [0.15, 0.2) is 60.7 Å². The minimum atomic E-state index is 0.131. The molecule has 116 valence electrons. The molecule has 0 unspecified atom stereocenters. The Morgan fingerprint density at radius 1 is 0.909 bits per heavy atom. The summed E-state index contributed by atoms with van der Waals surface area (Å²) in [5.74, 6) is 0.826. The molecule has 1 heterocycles. The number of piperidine rings is 1. The van der Waals surface area contributed by atoms with E-state index in [0.29, 0.717) is 0 Å². The molecule has 1 aliphatic rings. The first-order valence-corrected chi connectivity index (χ1v) is 8.38. The van der Waals surface area contributed by atoms with Crippen molar-refractivity contribution < 1.29 is 0 Å². The predicted molar refractivity (Wildman–Crippen MR) is 92.7 cm³/mol. The van der Waals surface area contributed by atoms with Crippen LogP contribution in [0.4, 0.5) is 0 Å². The molecule has 1 aliphatic heterocycles. The Labute approximate surface area is 134 Å². The van der Waals surface area contributed by atoms with Crippen LogP contribution in [0.5, 0.6) is 0 Å². The van der Waals surface area contributed by atoms with Gasteiger partial charge < -0.3 is 10.6 Å². The van der Waals surface area contributed by atoms with Crippen molar-refractivity contribution >= 4 is 0 Å². The quantitative estimate of drug-likeness (QED) is 0.912. The van der Waals surface area contributed by atoms with E-state index in [-0.39, 0.29) is 6.04 Å². The zero-order valence-electron chi connectivity index (χ0n) is 13.2. The van der Waals surface area contributed by atoms with E-state index >= 15 is 0 Å². The average Bonchev–Trinajstić information content (AvgIpc) is 2.58. The van der Waals surface area contributed by atoms with Gasteiger partial charge in [-0.15, -0.1) is 0 Å². The first-order valence-electron chi connectivity index (χ1n) is 8.38. The molecular weight excluding hydrogens is 268 g/mol. The normalized spacial score (nSPS) is 18.2. The Morgan fingerprint density at radius 3 is 2.14 bits per heavy atom. The van der Waals surface area contributed by atoms with Gasteiger partial charge in [0.2, 0.25) is 0 Å². The number of hydrogen-bond acceptors (Lipinski definition) is 2. The van der Waals surface area contributed by atoms with Crippen LogP contribution < -0.4 is 5.73 Å². The Balaban J connectivity index is 1.46. The number of likely N-dealkylation sites (tertiary alicyclic amines) is 1. The molecule has 3 rings (SSSR count). The number of hydrogen-bond donors (Lipinski definition) is 1. The Hall–Kier alpha value is -1.64. The summed E-state index contributed by atoms with van der Waals surface area (Å²) in [6, 6.07) is 21.5. The Bertz CT molecular complexity index is 544. The first-order chi connectivity index (χ1) is 10.8. The van der Waals surface area contributed by atoms with Crippen LogP contribution in [0.3, 0.4) is 0 Å². The van der Waals surface area contributed by atoms with Crippen molar-refractivity contribution in [2.24, 2.45) is 11.7 Å². The SMILES string of the molecule is N[C@H](CN1CCC(Cc2ccccc2)CC1)c1ccccc1. The largest absolute Gasteiger partial charge is 0.323 e. The van der Waals surface area contributed by atoms with Crippen molar-refractivity contribution in [3.05, 3.63) is 71.8 Å². The summed E-state index contributed by atoms with van der Waals surface area (Å²) < 4.78 is 0. The number of nitrogens with zero attached hydrogens (tertiary/aromatic N) is 1. The molecule has 2 aromatic carbocycles. The standard InChI is InChI=1S/C20H26N2/c21-20(19-9-5-2-6-10-19)16-22-13-11-18(12-14-22)15-17-7-3-1-4-8-17/h1-10,18,20H,11-16,21H2/t20-/m1/s1. The van der Waals surface area contributed by atoms with Crippen LogP contribution in [-0.4, -0.2) is 24.5 Å². The van der Waals surface area contributed by atoms with Crippen molar-refractivity contribution in [1.29, 1.82) is 0 Å². The van der Waals surface area contributed by atoms with Gasteiger partial charge in [0.25, 0.3) is 0 Å². The van der Waals surface area contributed by atoms with Gasteiger partial charge in [0.1, 0.15) is 0 Å². The van der Waals surface area contributed by atoms with E-state index in [1.54, 1.807) is 0 Å². The number of nitrogens with two attached hydrogens (primary N) is 1. The van der Waals surface area contributed by atoms with Gasteiger partial charge in [0, 0.05) is 12.6 Å². The Morgan fingerprint density at radius 2 is 1.50 bits per heavy atom. The lowest BCUT2D eigenvalue weighted by atomic mass is 9.90. The topological polar surface area (TPSA) is 29.3 Å². The van der Waals surface area contributed by atoms with Crippen molar-refractivity contribution in [2.45, 2.75) is 25.3 Å². The van der Waals surface area contributed by atoms with Gasteiger partial charge in [-0.25, -0.2) is 0 Å². The second-order valence-corrected chi connectivity index (χ2v) is 6.45. The summed E-state index contributed by atoms with van der Waals surface area (Å²) >= 11 is 0. The molecular formula is C20H26N2. The van der Waals surface area contributed by atoms with Crippen molar-refractivity contribution in [3.63, 3.8) is 0 Å². The summed E-state index contributed by atoms with van der Waals surface area (Å²) in [6.45, 7) is 3.33. The van der Waals surface area contributed by atoms with Gasteiger partial charge in [-0.2, -0.15) is 0 Å². The summed E-state index contributed by atoms with van der Waals surface area (Å²) in [6.07, 6.45) is 3.80. The van der Waals surface area contributed by atoms with Crippen LogP contribution in [0.2, 0.25) is 0 Å². The average molecular weight is 294 g/mol. The fraction of sp³-hybridized carbons (Fsp3) is 0.400. The highest BCUT2D eigenvalue weighted by molar-refractivity contribution is 5.19. The zero-order chi connectivity index (χ0) is 15.2. The third kappa shape index (κ3) is 4.19. The van der Waals surface area contributed by atoms with Crippen LogP contribution in [0, 0.1) is 5.92 Å². The lowest BCUT2D eigenvalue weighted by Gasteiger charge is -2.33. The van der Waals surface area contributed by atoms with Crippen LogP contribution in [-0.2, 0) is 6.42 Å². The molecule has 1 fully saturated rings. The molecule has 1 atom stereocenters. The smallest absolute Gasteiger partial charge is 0.0424 e. The van der Waals surface area contributed by atoms with E-state index in [1.807, 2.05) is 6.07 Å². The molecule has 22 heavy (non-hydrogen) atoms. The highest BCUT2D eigenvalue weighted by Crippen LogP contribution is 2.23. The summed E-state index contributed by atoms with van der Waals surface area (Å²) in [5, 5.41) is 0. The molecule has 0 amide bonds. The van der Waals surface area contributed by atoms with E-state index in [0.717, 1.165) is 12.5 Å². The summed E-state index contributed by atoms with van der Waals surface area (Å²) in [4.78, 5) is 2.53. The van der Waals surface area contributed by atoms with Gasteiger partial charge in [-0.05, 0) is 49.4 Å². The van der Waals surface area contributed by atoms with Crippen molar-refractivity contribution in [3.8, 4) is 0 Å². The predicted octanol–water partition coefficient (Wildman–Crippen LogP) is 3.64. The van der Waals surface area contributed by atoms with E-state index < -0.39 is 0 Å². The maximum atomic E-state index is 6.34. The van der Waals surface area contributed by atoms with Crippen LogP contribution in [0.1, 0.15) is 30.0 Å². The van der Waals surface area contributed by atoms with Gasteiger partial charge >= 0.3 is 0 Å². The summed E-state index contributed by atoms with van der Waals surface area (Å²) in [7, 11) is 0. The van der Waals surface area contributed by atoms with Crippen molar-refractivity contribution in [2.75, 3.05) is 19.6 Å². The van der Waals surface area contributed by atoms with Gasteiger partial charge in [0.05, 0.1) is 0 Å². The summed E-state index contributed by atoms with van der Waals surface area (Å²) in [5.41, 5.74) is 9.06. The fourth-order valence-corrected chi connectivity index (χ4v) is 3.40. The molecule has 0 spiro atoms. The third-order valence-corrected chi connectivity index (χ3v) is 4.76. The highest BCUT2D eigenvalue weighted by Gasteiger charge is 2.21. The van der Waals surface area contributed by atoms with Crippen LogP contribution in [0.25, 0.3) is 0 Å². The van der Waals surface area contributed by atoms with Crippen molar-refractivity contribution in [1.82, 2.24) is 4.90 Å². The molecule has 2 N–H and O–H groups in total. The van der Waals surface area contributed by atoms with E-state index in [4.69, 9.17) is 5.73 Å². The third-order valence-electron chi connectivity index (χ3n) is 4.76. The zero-order valence-corrected chi connectivity index (χ0v) is 13.2. The maximum Gasteiger partial charge on any atom is 0.0424 e. The van der Waals surface area contributed by atoms with Gasteiger partial charge in [-0.3, -0.25) is 0 Å². The second kappa shape index (κ2) is 7.57. The lowest BCUT2D eigenvalue weighted by Crippen LogP contribution is -2.38. The maximum absolute atomic E-state index is 6.34.